The molecule has 1 aliphatic heterocycles. The van der Waals surface area contributed by atoms with E-state index in [0.717, 1.165) is 13.1 Å². The lowest BCUT2D eigenvalue weighted by molar-refractivity contribution is 0.0269. The Kier molecular flexibility index (Phi) is 4.99. The van der Waals surface area contributed by atoms with Crippen LogP contribution in [0.1, 0.15) is 34.6 Å². The van der Waals surface area contributed by atoms with Crippen molar-refractivity contribution in [2.45, 2.75) is 52.4 Å². The molecule has 0 aromatic carbocycles. The van der Waals surface area contributed by atoms with Gasteiger partial charge in [0.05, 0.1) is 18.7 Å². The molecular weight excluding hydrogens is 232 g/mol. The summed E-state index contributed by atoms with van der Waals surface area (Å²) in [6.45, 7) is 12.3. The third kappa shape index (κ3) is 3.85. The minimum absolute atomic E-state index is 0.0209. The van der Waals surface area contributed by atoms with Gasteiger partial charge < -0.3 is 14.7 Å². The van der Waals surface area contributed by atoms with Crippen molar-refractivity contribution < 1.29 is 14.6 Å². The van der Waals surface area contributed by atoms with Crippen LogP contribution in [0.15, 0.2) is 0 Å². The van der Waals surface area contributed by atoms with E-state index in [1.165, 1.54) is 0 Å². The highest BCUT2D eigenvalue weighted by Crippen LogP contribution is 2.19. The molecule has 1 saturated heterocycles. The second kappa shape index (κ2) is 5.89. The van der Waals surface area contributed by atoms with E-state index >= 15 is 0 Å². The first-order chi connectivity index (χ1) is 8.28. The molecule has 1 fully saturated rings. The van der Waals surface area contributed by atoms with Gasteiger partial charge in [-0.2, -0.15) is 0 Å². The van der Waals surface area contributed by atoms with Crippen molar-refractivity contribution in [3.63, 3.8) is 0 Å². The molecule has 106 valence electrons. The molecule has 18 heavy (non-hydrogen) atoms. The molecule has 0 aliphatic carbocycles. The van der Waals surface area contributed by atoms with E-state index in [1.807, 2.05) is 20.8 Å². The highest BCUT2D eigenvalue weighted by molar-refractivity contribution is 5.68. The van der Waals surface area contributed by atoms with Crippen molar-refractivity contribution in [3.8, 4) is 0 Å². The van der Waals surface area contributed by atoms with Gasteiger partial charge in [-0.05, 0) is 33.9 Å². The van der Waals surface area contributed by atoms with Crippen LogP contribution >= 0.6 is 0 Å². The smallest absolute Gasteiger partial charge is 0.410 e. The molecule has 0 radical (unpaired) electrons. The Bertz CT molecular complexity index is 284. The van der Waals surface area contributed by atoms with Crippen LogP contribution in [0.5, 0.6) is 0 Å². The molecule has 0 bridgehead atoms. The number of β-amino-alcohol motifs (C(OH)–C–C–N with tert-alkyl or cyclic N) is 1. The first kappa shape index (κ1) is 15.2. The summed E-state index contributed by atoms with van der Waals surface area (Å²) in [4.78, 5) is 15.7. The number of ether oxygens (including phenoxy) is 1. The lowest BCUT2D eigenvalue weighted by Gasteiger charge is -2.28. The monoisotopic (exact) mass is 258 g/mol. The molecule has 0 aromatic heterocycles. The van der Waals surface area contributed by atoms with E-state index < -0.39 is 11.7 Å². The summed E-state index contributed by atoms with van der Waals surface area (Å²) in [5, 5.41) is 10.0. The first-order valence-electron chi connectivity index (χ1n) is 6.68. The van der Waals surface area contributed by atoms with E-state index in [1.54, 1.807) is 4.90 Å². The topological polar surface area (TPSA) is 53.0 Å². The third-order valence-electron chi connectivity index (χ3n) is 3.19. The van der Waals surface area contributed by atoms with Crippen LogP contribution in [0.2, 0.25) is 0 Å². The summed E-state index contributed by atoms with van der Waals surface area (Å²) >= 11 is 0. The zero-order valence-corrected chi connectivity index (χ0v) is 12.1. The van der Waals surface area contributed by atoms with Gasteiger partial charge in [0.15, 0.2) is 0 Å². The van der Waals surface area contributed by atoms with E-state index in [0.29, 0.717) is 13.1 Å². The van der Waals surface area contributed by atoms with Crippen LogP contribution in [0.3, 0.4) is 0 Å². The van der Waals surface area contributed by atoms with Crippen molar-refractivity contribution in [3.05, 3.63) is 0 Å². The molecule has 1 amide bonds. The quantitative estimate of drug-likeness (QED) is 0.829. The number of hydrogen-bond donors (Lipinski definition) is 1. The Morgan fingerprint density at radius 1 is 1.33 bits per heavy atom. The number of hydrogen-bond acceptors (Lipinski definition) is 4. The van der Waals surface area contributed by atoms with Gasteiger partial charge in [0.1, 0.15) is 5.60 Å². The lowest BCUT2D eigenvalue weighted by atomic mass is 10.2. The molecule has 0 spiro atoms. The van der Waals surface area contributed by atoms with Crippen molar-refractivity contribution in [1.29, 1.82) is 0 Å². The van der Waals surface area contributed by atoms with E-state index in [2.05, 4.69) is 18.7 Å². The third-order valence-corrected chi connectivity index (χ3v) is 3.19. The Labute approximate surface area is 110 Å². The van der Waals surface area contributed by atoms with Crippen LogP contribution in [0.4, 0.5) is 4.79 Å². The normalized spacial score (nSPS) is 24.7. The summed E-state index contributed by atoms with van der Waals surface area (Å²) in [7, 11) is 0. The fourth-order valence-corrected chi connectivity index (χ4v) is 2.30. The van der Waals surface area contributed by atoms with Gasteiger partial charge in [-0.3, -0.25) is 4.90 Å². The number of aliphatic hydroxyl groups excluding tert-OH is 1. The molecule has 0 unspecified atom stereocenters. The number of amides is 1. The Hall–Kier alpha value is -0.810. The number of carbonyl (C=O) groups excluding carboxylic acids is 1. The fraction of sp³-hybridized carbons (Fsp3) is 0.923. The zero-order valence-electron chi connectivity index (χ0n) is 12.1. The molecular formula is C13H26N2O3. The molecule has 5 nitrogen and oxygen atoms in total. The summed E-state index contributed by atoms with van der Waals surface area (Å²) in [6, 6.07) is 0.0209. The summed E-state index contributed by atoms with van der Waals surface area (Å²) in [5.74, 6) is 0. The molecule has 1 aliphatic rings. The molecule has 5 heteroatoms. The van der Waals surface area contributed by atoms with Gasteiger partial charge in [-0.1, -0.05) is 13.8 Å². The lowest BCUT2D eigenvalue weighted by Crippen LogP contribution is -2.43. The van der Waals surface area contributed by atoms with Gasteiger partial charge in [-0.25, -0.2) is 4.79 Å². The van der Waals surface area contributed by atoms with E-state index in [4.69, 9.17) is 4.74 Å². The van der Waals surface area contributed by atoms with Gasteiger partial charge in [0, 0.05) is 6.54 Å². The maximum atomic E-state index is 11.9. The molecule has 0 aromatic rings. The van der Waals surface area contributed by atoms with Gasteiger partial charge in [0.25, 0.3) is 0 Å². The predicted molar refractivity (Wildman–Crippen MR) is 70.5 cm³/mol. The van der Waals surface area contributed by atoms with Gasteiger partial charge >= 0.3 is 6.09 Å². The zero-order chi connectivity index (χ0) is 13.9. The van der Waals surface area contributed by atoms with Crippen molar-refractivity contribution >= 4 is 6.09 Å². The Balaban J connectivity index is 2.60. The number of aliphatic hydroxyl groups is 1. The Morgan fingerprint density at radius 3 is 2.33 bits per heavy atom. The van der Waals surface area contributed by atoms with Crippen LogP contribution < -0.4 is 0 Å². The van der Waals surface area contributed by atoms with Gasteiger partial charge in [-0.15, -0.1) is 0 Å². The maximum absolute atomic E-state index is 11.9. The maximum Gasteiger partial charge on any atom is 0.410 e. The number of rotatable bonds is 3. The molecule has 1 N–H and O–H groups in total. The fourth-order valence-electron chi connectivity index (χ4n) is 2.30. The second-order valence-electron chi connectivity index (χ2n) is 5.74. The second-order valence-corrected chi connectivity index (χ2v) is 5.74. The number of carbonyl (C=O) groups is 1. The van der Waals surface area contributed by atoms with Crippen molar-refractivity contribution in [1.82, 2.24) is 9.80 Å². The van der Waals surface area contributed by atoms with Crippen molar-refractivity contribution in [2.24, 2.45) is 0 Å². The Morgan fingerprint density at radius 2 is 1.89 bits per heavy atom. The molecule has 0 saturated carbocycles. The molecule has 2 atom stereocenters. The first-order valence-corrected chi connectivity index (χ1v) is 6.68. The largest absolute Gasteiger partial charge is 0.444 e. The molecule has 1 heterocycles. The summed E-state index contributed by atoms with van der Waals surface area (Å²) in [5.41, 5.74) is -0.491. The highest BCUT2D eigenvalue weighted by Gasteiger charge is 2.38. The van der Waals surface area contributed by atoms with E-state index in [-0.39, 0.29) is 12.1 Å². The van der Waals surface area contributed by atoms with Crippen LogP contribution in [-0.2, 0) is 4.74 Å². The predicted octanol–water partition coefficient (Wildman–Crippen LogP) is 1.31. The molecule has 1 rings (SSSR count). The highest BCUT2D eigenvalue weighted by atomic mass is 16.6. The minimum atomic E-state index is -0.491. The average molecular weight is 258 g/mol. The minimum Gasteiger partial charge on any atom is -0.444 e. The number of likely N-dealkylation sites (tertiary alicyclic amines) is 1. The van der Waals surface area contributed by atoms with E-state index in [9.17, 15) is 9.90 Å². The SMILES string of the molecule is CCN(CC)[C@@H]1CN(C(=O)OC(C)(C)C)C[C@@H]1O. The van der Waals surface area contributed by atoms with Crippen molar-refractivity contribution in [2.75, 3.05) is 26.2 Å². The van der Waals surface area contributed by atoms with Crippen LogP contribution in [-0.4, -0.2) is 64.9 Å². The summed E-state index contributed by atoms with van der Waals surface area (Å²) < 4.78 is 5.32. The standard InChI is InChI=1S/C13H26N2O3/c1-6-14(7-2)10-8-15(9-11(10)16)12(17)18-13(3,4)5/h10-11,16H,6-9H2,1-5H3/t10-,11+/m1/s1. The number of nitrogens with zero attached hydrogens (tertiary/aromatic N) is 2. The van der Waals surface area contributed by atoms with Crippen LogP contribution in [0.25, 0.3) is 0 Å². The summed E-state index contributed by atoms with van der Waals surface area (Å²) in [6.07, 6.45) is -0.825. The number of likely N-dealkylation sites (N-methyl/N-ethyl adjacent to an activating group) is 1. The van der Waals surface area contributed by atoms with Crippen LogP contribution in [0, 0.1) is 0 Å². The average Bonchev–Trinajstić information content (AvgIpc) is 2.61. The van der Waals surface area contributed by atoms with Gasteiger partial charge in [0.2, 0.25) is 0 Å².